The molecule has 0 heteroatoms. The number of unbranched alkanes of at least 4 members (excludes halogenated alkanes) is 1. The lowest BCUT2D eigenvalue weighted by Gasteiger charge is -2.24. The molecule has 0 aromatic carbocycles. The molecule has 0 saturated heterocycles. The van der Waals surface area contributed by atoms with Gasteiger partial charge in [-0.1, -0.05) is 65.7 Å². The fourth-order valence-corrected chi connectivity index (χ4v) is 2.93. The molecule has 0 amide bonds. The Bertz CT molecular complexity index is 139. The smallest absolute Gasteiger partial charge is 0.0386 e. The second kappa shape index (κ2) is 6.48. The summed E-state index contributed by atoms with van der Waals surface area (Å²) in [5.41, 5.74) is 0. The third-order valence-electron chi connectivity index (χ3n) is 4.04. The van der Waals surface area contributed by atoms with Crippen LogP contribution in [0.5, 0.6) is 0 Å². The maximum Gasteiger partial charge on any atom is -0.0386 e. The molecule has 3 unspecified atom stereocenters. The zero-order chi connectivity index (χ0) is 10.4. The summed E-state index contributed by atoms with van der Waals surface area (Å²) in [5, 5.41) is 0. The lowest BCUT2D eigenvalue weighted by atomic mass is 9.82. The van der Waals surface area contributed by atoms with Gasteiger partial charge in [-0.25, -0.2) is 0 Å². The molecule has 14 heavy (non-hydrogen) atoms. The van der Waals surface area contributed by atoms with Crippen LogP contribution in [-0.2, 0) is 0 Å². The highest BCUT2D eigenvalue weighted by Crippen LogP contribution is 2.34. The lowest BCUT2D eigenvalue weighted by molar-refractivity contribution is 0.272. The largest absolute Gasteiger partial charge is 0.0654 e. The Morgan fingerprint density at radius 2 is 1.93 bits per heavy atom. The summed E-state index contributed by atoms with van der Waals surface area (Å²) in [6.07, 6.45) is 11.7. The first-order valence-electron chi connectivity index (χ1n) is 6.74. The van der Waals surface area contributed by atoms with Gasteiger partial charge in [-0.3, -0.25) is 0 Å². The van der Waals surface area contributed by atoms with E-state index < -0.39 is 0 Å². The average molecular weight is 196 g/mol. The normalized spacial score (nSPS) is 31.1. The zero-order valence-electron chi connectivity index (χ0n) is 10.4. The van der Waals surface area contributed by atoms with Gasteiger partial charge < -0.3 is 0 Å². The van der Waals surface area contributed by atoms with Gasteiger partial charge in [0.05, 0.1) is 0 Å². The molecule has 0 radical (unpaired) electrons. The van der Waals surface area contributed by atoms with Crippen molar-refractivity contribution in [2.75, 3.05) is 0 Å². The van der Waals surface area contributed by atoms with Crippen molar-refractivity contribution in [3.63, 3.8) is 0 Å². The summed E-state index contributed by atoms with van der Waals surface area (Å²) in [7, 11) is 0. The quantitative estimate of drug-likeness (QED) is 0.553. The van der Waals surface area contributed by atoms with Crippen molar-refractivity contribution >= 4 is 0 Å². The Hall–Kier alpha value is 0. The SMILES string of the molecule is CCCCC(C)C1CCCCC(C)C1. The second-order valence-electron chi connectivity index (χ2n) is 5.50. The second-order valence-corrected chi connectivity index (χ2v) is 5.50. The Kier molecular flexibility index (Phi) is 5.59. The summed E-state index contributed by atoms with van der Waals surface area (Å²) < 4.78 is 0. The molecule has 0 bridgehead atoms. The highest BCUT2D eigenvalue weighted by atomic mass is 14.3. The summed E-state index contributed by atoms with van der Waals surface area (Å²) in [5.74, 6) is 3.01. The standard InChI is InChI=1S/C14H28/c1-4-5-9-13(3)14-10-7-6-8-12(2)11-14/h12-14H,4-11H2,1-3H3. The molecule has 0 heterocycles. The van der Waals surface area contributed by atoms with E-state index in [-0.39, 0.29) is 0 Å². The van der Waals surface area contributed by atoms with Gasteiger partial charge in [-0.05, 0) is 24.2 Å². The van der Waals surface area contributed by atoms with Gasteiger partial charge in [0, 0.05) is 0 Å². The fourth-order valence-electron chi connectivity index (χ4n) is 2.93. The van der Waals surface area contributed by atoms with Gasteiger partial charge in [0.25, 0.3) is 0 Å². The topological polar surface area (TPSA) is 0 Å². The Morgan fingerprint density at radius 3 is 2.64 bits per heavy atom. The summed E-state index contributed by atoms with van der Waals surface area (Å²) in [4.78, 5) is 0. The van der Waals surface area contributed by atoms with Crippen molar-refractivity contribution in [2.45, 2.75) is 72.1 Å². The predicted molar refractivity (Wildman–Crippen MR) is 64.4 cm³/mol. The first kappa shape index (κ1) is 12.1. The van der Waals surface area contributed by atoms with Gasteiger partial charge in [0.2, 0.25) is 0 Å². The molecule has 0 spiro atoms. The fraction of sp³-hybridized carbons (Fsp3) is 1.00. The van der Waals surface area contributed by atoms with Crippen LogP contribution >= 0.6 is 0 Å². The van der Waals surface area contributed by atoms with Crippen LogP contribution in [0.3, 0.4) is 0 Å². The van der Waals surface area contributed by atoms with Crippen LogP contribution in [-0.4, -0.2) is 0 Å². The van der Waals surface area contributed by atoms with Crippen LogP contribution in [0, 0.1) is 17.8 Å². The van der Waals surface area contributed by atoms with E-state index in [2.05, 4.69) is 20.8 Å². The Morgan fingerprint density at radius 1 is 1.21 bits per heavy atom. The third kappa shape index (κ3) is 4.02. The van der Waals surface area contributed by atoms with Crippen molar-refractivity contribution in [2.24, 2.45) is 17.8 Å². The number of hydrogen-bond donors (Lipinski definition) is 0. The summed E-state index contributed by atoms with van der Waals surface area (Å²) in [6.45, 7) is 7.24. The van der Waals surface area contributed by atoms with Gasteiger partial charge >= 0.3 is 0 Å². The average Bonchev–Trinajstić information content (AvgIpc) is 2.39. The lowest BCUT2D eigenvalue weighted by Crippen LogP contribution is -2.13. The molecular weight excluding hydrogens is 168 g/mol. The first-order chi connectivity index (χ1) is 6.74. The molecule has 0 aromatic rings. The zero-order valence-corrected chi connectivity index (χ0v) is 10.4. The van der Waals surface area contributed by atoms with Crippen LogP contribution in [0.4, 0.5) is 0 Å². The van der Waals surface area contributed by atoms with E-state index >= 15 is 0 Å². The van der Waals surface area contributed by atoms with Gasteiger partial charge in [-0.2, -0.15) is 0 Å². The molecule has 1 aliphatic carbocycles. The van der Waals surface area contributed by atoms with Gasteiger partial charge in [-0.15, -0.1) is 0 Å². The number of rotatable bonds is 4. The van der Waals surface area contributed by atoms with E-state index in [1.807, 2.05) is 0 Å². The first-order valence-corrected chi connectivity index (χ1v) is 6.74. The third-order valence-corrected chi connectivity index (χ3v) is 4.04. The summed E-state index contributed by atoms with van der Waals surface area (Å²) >= 11 is 0. The van der Waals surface area contributed by atoms with E-state index in [9.17, 15) is 0 Å². The van der Waals surface area contributed by atoms with Crippen LogP contribution in [0.2, 0.25) is 0 Å². The van der Waals surface area contributed by atoms with Crippen molar-refractivity contribution in [3.05, 3.63) is 0 Å². The van der Waals surface area contributed by atoms with Crippen molar-refractivity contribution in [3.8, 4) is 0 Å². The van der Waals surface area contributed by atoms with Gasteiger partial charge in [0.15, 0.2) is 0 Å². The molecule has 0 nitrogen and oxygen atoms in total. The Labute approximate surface area is 90.5 Å². The highest BCUT2D eigenvalue weighted by molar-refractivity contribution is 4.73. The molecule has 0 N–H and O–H groups in total. The van der Waals surface area contributed by atoms with Gasteiger partial charge in [0.1, 0.15) is 0 Å². The maximum absolute atomic E-state index is 2.48. The minimum absolute atomic E-state index is 0.982. The highest BCUT2D eigenvalue weighted by Gasteiger charge is 2.21. The maximum atomic E-state index is 2.48. The molecule has 1 aliphatic rings. The summed E-state index contributed by atoms with van der Waals surface area (Å²) in [6, 6.07) is 0. The van der Waals surface area contributed by atoms with E-state index in [4.69, 9.17) is 0 Å². The van der Waals surface area contributed by atoms with Crippen LogP contribution in [0.1, 0.15) is 72.1 Å². The van der Waals surface area contributed by atoms with Crippen LogP contribution < -0.4 is 0 Å². The van der Waals surface area contributed by atoms with Crippen LogP contribution in [0.15, 0.2) is 0 Å². The van der Waals surface area contributed by atoms with Crippen molar-refractivity contribution in [1.29, 1.82) is 0 Å². The van der Waals surface area contributed by atoms with Crippen molar-refractivity contribution < 1.29 is 0 Å². The molecule has 84 valence electrons. The molecule has 0 aliphatic heterocycles. The molecule has 1 fully saturated rings. The molecule has 3 atom stereocenters. The minimum Gasteiger partial charge on any atom is -0.0654 e. The molecule has 1 saturated carbocycles. The number of hydrogen-bond acceptors (Lipinski definition) is 0. The van der Waals surface area contributed by atoms with E-state index in [0.717, 1.165) is 17.8 Å². The molecule has 0 aromatic heterocycles. The monoisotopic (exact) mass is 196 g/mol. The predicted octanol–water partition coefficient (Wildman–Crippen LogP) is 5.03. The Balaban J connectivity index is 2.32. The minimum atomic E-state index is 0.982. The van der Waals surface area contributed by atoms with E-state index in [0.29, 0.717) is 0 Å². The van der Waals surface area contributed by atoms with E-state index in [1.165, 1.54) is 51.4 Å². The van der Waals surface area contributed by atoms with E-state index in [1.54, 1.807) is 0 Å². The molecule has 1 rings (SSSR count). The van der Waals surface area contributed by atoms with Crippen molar-refractivity contribution in [1.82, 2.24) is 0 Å². The van der Waals surface area contributed by atoms with Crippen LogP contribution in [0.25, 0.3) is 0 Å². The molecular formula is C14H28.